The maximum Gasteiger partial charge on any atom is 0.350 e. The number of nitrogens with one attached hydrogen (secondary N) is 1. The average molecular weight is 274 g/mol. The van der Waals surface area contributed by atoms with E-state index in [4.69, 9.17) is 0 Å². The molecule has 0 amide bonds. The van der Waals surface area contributed by atoms with Crippen LogP contribution in [0.15, 0.2) is 29.2 Å². The molecule has 5 nitrogen and oxygen atoms in total. The Labute approximate surface area is 118 Å². The number of aromatic nitrogens is 3. The molecule has 1 fully saturated rings. The highest BCUT2D eigenvalue weighted by Gasteiger charge is 2.12. The third-order valence-corrected chi connectivity index (χ3v) is 4.07. The van der Waals surface area contributed by atoms with Crippen LogP contribution in [0.5, 0.6) is 0 Å². The van der Waals surface area contributed by atoms with Crippen LogP contribution in [0.4, 0.5) is 0 Å². The van der Waals surface area contributed by atoms with Gasteiger partial charge in [-0.2, -0.15) is 0 Å². The fraction of sp³-hybridized carbons (Fsp3) is 0.600. The van der Waals surface area contributed by atoms with Crippen molar-refractivity contribution in [3.8, 4) is 0 Å². The van der Waals surface area contributed by atoms with Crippen LogP contribution >= 0.6 is 0 Å². The third-order valence-electron chi connectivity index (χ3n) is 4.07. The Bertz CT molecular complexity index is 610. The Balaban J connectivity index is 1.52. The zero-order valence-electron chi connectivity index (χ0n) is 11.8. The Hall–Kier alpha value is -1.62. The van der Waals surface area contributed by atoms with Gasteiger partial charge in [0.15, 0.2) is 5.65 Å². The molecular weight excluding hydrogens is 252 g/mol. The molecular formula is C15H22N4O. The maximum atomic E-state index is 12.1. The van der Waals surface area contributed by atoms with Crippen LogP contribution in [-0.4, -0.2) is 26.8 Å². The second kappa shape index (κ2) is 6.22. The quantitative estimate of drug-likeness (QED) is 0.846. The number of nitrogens with zero attached hydrogens (tertiary/aromatic N) is 3. The Morgan fingerprint density at radius 3 is 2.90 bits per heavy atom. The van der Waals surface area contributed by atoms with E-state index >= 15 is 0 Å². The van der Waals surface area contributed by atoms with Gasteiger partial charge in [0, 0.05) is 18.8 Å². The topological polar surface area (TPSA) is 51.3 Å². The van der Waals surface area contributed by atoms with E-state index in [9.17, 15) is 4.79 Å². The summed E-state index contributed by atoms with van der Waals surface area (Å²) in [5, 5.41) is 7.93. The first-order valence-electron chi connectivity index (χ1n) is 7.62. The Morgan fingerprint density at radius 1 is 1.25 bits per heavy atom. The summed E-state index contributed by atoms with van der Waals surface area (Å²) in [6, 6.07) is 6.29. The molecule has 0 atom stereocenters. The average Bonchev–Trinajstić information content (AvgIpc) is 2.82. The van der Waals surface area contributed by atoms with Crippen LogP contribution in [0.2, 0.25) is 0 Å². The van der Waals surface area contributed by atoms with Gasteiger partial charge in [0.25, 0.3) is 0 Å². The van der Waals surface area contributed by atoms with Crippen molar-refractivity contribution in [3.05, 3.63) is 34.9 Å². The van der Waals surface area contributed by atoms with Crippen molar-refractivity contribution in [2.24, 2.45) is 0 Å². The molecule has 0 aliphatic heterocycles. The number of pyridine rings is 1. The smallest absolute Gasteiger partial charge is 0.314 e. The minimum Gasteiger partial charge on any atom is -0.314 e. The van der Waals surface area contributed by atoms with E-state index in [1.165, 1.54) is 32.1 Å². The summed E-state index contributed by atoms with van der Waals surface area (Å²) in [5.74, 6) is 0. The van der Waals surface area contributed by atoms with E-state index in [1.54, 1.807) is 15.3 Å². The predicted octanol–water partition coefficient (Wildman–Crippen LogP) is 1.81. The van der Waals surface area contributed by atoms with Crippen molar-refractivity contribution in [3.63, 3.8) is 0 Å². The summed E-state index contributed by atoms with van der Waals surface area (Å²) in [4.78, 5) is 12.1. The number of hydrogen-bond acceptors (Lipinski definition) is 3. The van der Waals surface area contributed by atoms with Crippen molar-refractivity contribution in [1.29, 1.82) is 0 Å². The third kappa shape index (κ3) is 2.93. The van der Waals surface area contributed by atoms with E-state index in [0.29, 0.717) is 12.6 Å². The maximum absolute atomic E-state index is 12.1. The first-order chi connectivity index (χ1) is 9.84. The van der Waals surface area contributed by atoms with E-state index in [-0.39, 0.29) is 5.69 Å². The molecule has 0 radical (unpaired) electrons. The fourth-order valence-electron chi connectivity index (χ4n) is 2.96. The zero-order valence-corrected chi connectivity index (χ0v) is 11.8. The van der Waals surface area contributed by atoms with E-state index in [2.05, 4.69) is 10.4 Å². The molecule has 5 heteroatoms. The van der Waals surface area contributed by atoms with Crippen LogP contribution in [-0.2, 0) is 6.54 Å². The molecule has 2 heterocycles. The second-order valence-corrected chi connectivity index (χ2v) is 5.58. The molecule has 20 heavy (non-hydrogen) atoms. The van der Waals surface area contributed by atoms with Gasteiger partial charge in [-0.05, 0) is 37.9 Å². The van der Waals surface area contributed by atoms with Gasteiger partial charge in [-0.15, -0.1) is 5.10 Å². The van der Waals surface area contributed by atoms with Crippen LogP contribution in [0.3, 0.4) is 0 Å². The van der Waals surface area contributed by atoms with E-state index in [1.807, 2.05) is 18.2 Å². The summed E-state index contributed by atoms with van der Waals surface area (Å²) >= 11 is 0. The van der Waals surface area contributed by atoms with Gasteiger partial charge in [-0.25, -0.2) is 9.48 Å². The molecule has 0 aromatic carbocycles. The molecule has 3 rings (SSSR count). The minimum atomic E-state index is -0.0433. The minimum absolute atomic E-state index is 0.0433. The molecule has 0 saturated heterocycles. The van der Waals surface area contributed by atoms with Gasteiger partial charge >= 0.3 is 5.69 Å². The van der Waals surface area contributed by atoms with E-state index in [0.717, 1.165) is 18.6 Å². The van der Waals surface area contributed by atoms with Crippen LogP contribution in [0.25, 0.3) is 5.65 Å². The normalized spacial score (nSPS) is 16.8. The molecule has 1 aliphatic rings. The lowest BCUT2D eigenvalue weighted by Gasteiger charge is -2.22. The van der Waals surface area contributed by atoms with Gasteiger partial charge in [-0.1, -0.05) is 25.3 Å². The molecule has 0 bridgehead atoms. The molecule has 108 valence electrons. The van der Waals surface area contributed by atoms with Crippen molar-refractivity contribution in [2.45, 2.75) is 51.1 Å². The lowest BCUT2D eigenvalue weighted by Crippen LogP contribution is -2.32. The van der Waals surface area contributed by atoms with Crippen LogP contribution in [0.1, 0.15) is 38.5 Å². The molecule has 0 unspecified atom stereocenters. The first kappa shape index (κ1) is 13.4. The van der Waals surface area contributed by atoms with Gasteiger partial charge in [0.1, 0.15) is 0 Å². The van der Waals surface area contributed by atoms with Crippen LogP contribution < -0.4 is 11.0 Å². The van der Waals surface area contributed by atoms with Crippen molar-refractivity contribution < 1.29 is 0 Å². The number of aryl methyl sites for hydroxylation is 1. The summed E-state index contributed by atoms with van der Waals surface area (Å²) < 4.78 is 3.16. The molecule has 1 aliphatic carbocycles. The molecule has 2 aromatic rings. The van der Waals surface area contributed by atoms with Gasteiger partial charge < -0.3 is 5.32 Å². The number of hydrogen-bond donors (Lipinski definition) is 1. The van der Waals surface area contributed by atoms with Gasteiger partial charge in [0.2, 0.25) is 0 Å². The molecule has 1 saturated carbocycles. The largest absolute Gasteiger partial charge is 0.350 e. The van der Waals surface area contributed by atoms with Crippen molar-refractivity contribution in [2.75, 3.05) is 6.54 Å². The highest BCUT2D eigenvalue weighted by Crippen LogP contribution is 2.17. The summed E-state index contributed by atoms with van der Waals surface area (Å²) in [6.07, 6.45) is 9.40. The number of fused-ring (bicyclic) bond motifs is 1. The molecule has 1 N–H and O–H groups in total. The highest BCUT2D eigenvalue weighted by molar-refractivity contribution is 5.35. The zero-order chi connectivity index (χ0) is 13.8. The lowest BCUT2D eigenvalue weighted by atomic mass is 9.95. The summed E-state index contributed by atoms with van der Waals surface area (Å²) in [6.45, 7) is 1.64. The monoisotopic (exact) mass is 274 g/mol. The Morgan fingerprint density at radius 2 is 2.10 bits per heavy atom. The van der Waals surface area contributed by atoms with Gasteiger partial charge in [-0.3, -0.25) is 4.40 Å². The first-order valence-corrected chi connectivity index (χ1v) is 7.62. The summed E-state index contributed by atoms with van der Waals surface area (Å²) in [5.41, 5.74) is 0.677. The van der Waals surface area contributed by atoms with E-state index < -0.39 is 0 Å². The SMILES string of the molecule is O=c1n(CCCNC2CCCCC2)nc2ccccn12. The standard InChI is InChI=1S/C15H22N4O/c20-15-18-11-5-4-9-14(18)17-19(15)12-6-10-16-13-7-2-1-3-8-13/h4-5,9,11,13,16H,1-3,6-8,10,12H2. The second-order valence-electron chi connectivity index (χ2n) is 5.58. The van der Waals surface area contributed by atoms with Crippen molar-refractivity contribution in [1.82, 2.24) is 19.5 Å². The predicted molar refractivity (Wildman–Crippen MR) is 78.9 cm³/mol. The van der Waals surface area contributed by atoms with Crippen molar-refractivity contribution >= 4 is 5.65 Å². The molecule has 0 spiro atoms. The Kier molecular flexibility index (Phi) is 4.16. The van der Waals surface area contributed by atoms with Crippen LogP contribution in [0, 0.1) is 0 Å². The summed E-state index contributed by atoms with van der Waals surface area (Å²) in [7, 11) is 0. The highest BCUT2D eigenvalue weighted by atomic mass is 16.2. The number of rotatable bonds is 5. The molecule has 2 aromatic heterocycles. The van der Waals surface area contributed by atoms with Gasteiger partial charge in [0.05, 0.1) is 0 Å². The fourth-order valence-corrected chi connectivity index (χ4v) is 2.96. The lowest BCUT2D eigenvalue weighted by molar-refractivity contribution is 0.366.